The van der Waals surface area contributed by atoms with E-state index in [1.807, 2.05) is 20.1 Å². The molecule has 416 valence electrons. The first-order chi connectivity index (χ1) is 35.8. The molecule has 0 bridgehead atoms. The summed E-state index contributed by atoms with van der Waals surface area (Å²) in [5.74, 6) is -8.70. The van der Waals surface area contributed by atoms with Gasteiger partial charge in [0.25, 0.3) is 0 Å². The van der Waals surface area contributed by atoms with Crippen molar-refractivity contribution in [2.45, 2.75) is 139 Å². The number of hydrogen-bond acceptors (Lipinski definition) is 16. The van der Waals surface area contributed by atoms with Gasteiger partial charge in [-0.3, -0.25) is 57.7 Å². The van der Waals surface area contributed by atoms with E-state index in [0.29, 0.717) is 17.1 Å². The van der Waals surface area contributed by atoms with Crippen molar-refractivity contribution in [3.05, 3.63) is 48.0 Å². The summed E-state index contributed by atoms with van der Waals surface area (Å²) < 4.78 is -0.923. The molecule has 0 saturated carbocycles. The van der Waals surface area contributed by atoms with Gasteiger partial charge in [0.2, 0.25) is 65.0 Å². The van der Waals surface area contributed by atoms with Gasteiger partial charge in [-0.05, 0) is 76.0 Å². The van der Waals surface area contributed by atoms with E-state index in [-0.39, 0.29) is 50.3 Å². The topological polar surface area (TPSA) is 420 Å². The molecular weight excluding hydrogens is 1030 g/mol. The maximum Gasteiger partial charge on any atom is 0.246 e. The SMILES string of the molecule is CSCCC(NC(=O)C(CC(C)C)NC(=O)C(Cc1cnc[nH]1)NC(=O)CNC(=O)[C@H]1N(C(=O)C(C)NC(=O)C(CC2C=Nc3ccccc32)NC(=O)C(CCC(N)=O)NC(=O)C(N)CC(N)=O)CSC1(C)C)C(N)=O. The van der Waals surface area contributed by atoms with Crippen LogP contribution in [0, 0.1) is 5.92 Å². The number of rotatable bonds is 30. The molecule has 3 heterocycles. The van der Waals surface area contributed by atoms with Crippen LogP contribution in [0.2, 0.25) is 0 Å². The fourth-order valence-corrected chi connectivity index (χ4v) is 10.0. The van der Waals surface area contributed by atoms with Gasteiger partial charge in [-0.25, -0.2) is 4.98 Å². The van der Waals surface area contributed by atoms with Crippen molar-refractivity contribution in [3.8, 4) is 0 Å². The average Bonchev–Trinajstić information content (AvgIpc) is 4.10. The predicted octanol–water partition coefficient (Wildman–Crippen LogP) is -2.68. The first kappa shape index (κ1) is 61.5. The van der Waals surface area contributed by atoms with Crippen molar-refractivity contribution in [3.63, 3.8) is 0 Å². The molecule has 1 aromatic carbocycles. The molecule has 28 heteroatoms. The highest BCUT2D eigenvalue weighted by atomic mass is 32.2. The molecular formula is C48H71N15O11S2. The first-order valence-electron chi connectivity index (χ1n) is 24.6. The van der Waals surface area contributed by atoms with Crippen LogP contribution in [0.25, 0.3) is 0 Å². The molecule has 0 aliphatic carbocycles. The van der Waals surface area contributed by atoms with E-state index in [2.05, 4.69) is 52.2 Å². The van der Waals surface area contributed by atoms with Gasteiger partial charge >= 0.3 is 0 Å². The van der Waals surface area contributed by atoms with E-state index in [1.165, 1.54) is 47.9 Å². The number of aliphatic imine (C=N–C) groups is 1. The van der Waals surface area contributed by atoms with Gasteiger partial charge in [-0.1, -0.05) is 32.0 Å². The zero-order chi connectivity index (χ0) is 56.4. The van der Waals surface area contributed by atoms with E-state index >= 15 is 0 Å². The van der Waals surface area contributed by atoms with Gasteiger partial charge in [0.1, 0.15) is 42.3 Å². The molecule has 26 nitrogen and oxygen atoms in total. The molecule has 2 aliphatic rings. The molecule has 76 heavy (non-hydrogen) atoms. The van der Waals surface area contributed by atoms with Crippen LogP contribution >= 0.6 is 23.5 Å². The number of imidazole rings is 1. The number of benzene rings is 1. The number of thioether (sulfide) groups is 2. The molecule has 0 radical (unpaired) electrons. The van der Waals surface area contributed by atoms with E-state index in [1.54, 1.807) is 44.3 Å². The third kappa shape index (κ3) is 18.3. The Bertz CT molecular complexity index is 2480. The monoisotopic (exact) mass is 1100 g/mol. The summed E-state index contributed by atoms with van der Waals surface area (Å²) in [5, 5.41) is 18.2. The largest absolute Gasteiger partial charge is 0.370 e. The average molecular weight is 1100 g/mol. The van der Waals surface area contributed by atoms with Crippen LogP contribution in [-0.4, -0.2) is 164 Å². The summed E-state index contributed by atoms with van der Waals surface area (Å²) in [6.45, 7) is 7.88. The molecule has 9 atom stereocenters. The van der Waals surface area contributed by atoms with Crippen LogP contribution in [0.3, 0.4) is 0 Å². The smallest absolute Gasteiger partial charge is 0.246 e. The minimum absolute atomic E-state index is 0.000246. The predicted molar refractivity (Wildman–Crippen MR) is 284 cm³/mol. The molecule has 4 rings (SSSR count). The Kier molecular flexibility index (Phi) is 23.2. The Morgan fingerprint density at radius 1 is 0.803 bits per heavy atom. The number of fused-ring (bicyclic) bond motifs is 1. The van der Waals surface area contributed by atoms with Gasteiger partial charge in [0, 0.05) is 41.6 Å². The van der Waals surface area contributed by atoms with Crippen LogP contribution in [-0.2, 0) is 59.2 Å². The minimum atomic E-state index is -1.46. The Morgan fingerprint density at radius 3 is 2.07 bits per heavy atom. The number of carbonyl (C=O) groups excluding carboxylic acids is 11. The molecule has 1 fully saturated rings. The van der Waals surface area contributed by atoms with E-state index in [0.717, 1.165) is 5.56 Å². The lowest BCUT2D eigenvalue weighted by molar-refractivity contribution is -0.142. The number of para-hydroxylation sites is 1. The maximum absolute atomic E-state index is 14.3. The summed E-state index contributed by atoms with van der Waals surface area (Å²) >= 11 is 2.73. The summed E-state index contributed by atoms with van der Waals surface area (Å²) in [6.07, 6.45) is 5.34. The number of aromatic amines is 1. The Morgan fingerprint density at radius 2 is 1.43 bits per heavy atom. The third-order valence-electron chi connectivity index (χ3n) is 12.4. The van der Waals surface area contributed by atoms with Crippen molar-refractivity contribution in [2.75, 3.05) is 24.4 Å². The second-order valence-electron chi connectivity index (χ2n) is 19.5. The molecule has 8 unspecified atom stereocenters. The zero-order valence-electron chi connectivity index (χ0n) is 43.3. The highest BCUT2D eigenvalue weighted by Crippen LogP contribution is 2.40. The molecule has 1 saturated heterocycles. The number of amides is 11. The lowest BCUT2D eigenvalue weighted by Crippen LogP contribution is -2.60. The van der Waals surface area contributed by atoms with Gasteiger partial charge in [-0.2, -0.15) is 11.8 Å². The van der Waals surface area contributed by atoms with Gasteiger partial charge in [-0.15, -0.1) is 11.8 Å². The van der Waals surface area contributed by atoms with E-state index < -0.39 is 137 Å². The van der Waals surface area contributed by atoms with Gasteiger partial charge < -0.3 is 70.0 Å². The Hall–Kier alpha value is -7.07. The second kappa shape index (κ2) is 28.7. The number of H-pyrrole nitrogens is 1. The molecule has 11 amide bonds. The van der Waals surface area contributed by atoms with E-state index in [4.69, 9.17) is 22.9 Å². The number of hydrogen-bond donors (Lipinski definition) is 12. The number of primary amides is 3. The minimum Gasteiger partial charge on any atom is -0.370 e. The molecule has 2 aromatic rings. The van der Waals surface area contributed by atoms with Crippen molar-refractivity contribution in [1.82, 2.24) is 52.1 Å². The lowest BCUT2D eigenvalue weighted by atomic mass is 9.93. The molecule has 16 N–H and O–H groups in total. The van der Waals surface area contributed by atoms with Crippen LogP contribution in [0.1, 0.15) is 90.3 Å². The van der Waals surface area contributed by atoms with Crippen molar-refractivity contribution in [1.29, 1.82) is 0 Å². The Balaban J connectivity index is 1.49. The number of aromatic nitrogens is 2. The third-order valence-corrected chi connectivity index (χ3v) is 14.4. The van der Waals surface area contributed by atoms with E-state index in [9.17, 15) is 52.7 Å². The van der Waals surface area contributed by atoms with Crippen molar-refractivity contribution >= 4 is 100 Å². The van der Waals surface area contributed by atoms with Crippen LogP contribution in [0.15, 0.2) is 41.8 Å². The second-order valence-corrected chi connectivity index (χ2v) is 22.0. The summed E-state index contributed by atoms with van der Waals surface area (Å²) in [4.78, 5) is 158. The first-order valence-corrected chi connectivity index (χ1v) is 26.9. The fourth-order valence-electron chi connectivity index (χ4n) is 8.40. The summed E-state index contributed by atoms with van der Waals surface area (Å²) in [7, 11) is 0. The summed E-state index contributed by atoms with van der Waals surface area (Å²) in [5.41, 5.74) is 23.8. The Labute approximate surface area is 448 Å². The van der Waals surface area contributed by atoms with Crippen LogP contribution < -0.4 is 60.2 Å². The van der Waals surface area contributed by atoms with Crippen LogP contribution in [0.4, 0.5) is 5.69 Å². The highest BCUT2D eigenvalue weighted by molar-refractivity contribution is 8.00. The van der Waals surface area contributed by atoms with Crippen molar-refractivity contribution < 1.29 is 52.7 Å². The molecule has 0 spiro atoms. The zero-order valence-corrected chi connectivity index (χ0v) is 45.0. The van der Waals surface area contributed by atoms with Crippen molar-refractivity contribution in [2.24, 2.45) is 33.8 Å². The van der Waals surface area contributed by atoms with Gasteiger partial charge in [0.05, 0.1) is 36.9 Å². The number of carbonyl (C=O) groups is 11. The number of nitrogens with two attached hydrogens (primary N) is 4. The summed E-state index contributed by atoms with van der Waals surface area (Å²) in [6, 6.07) is -3.02. The lowest BCUT2D eigenvalue weighted by Gasteiger charge is -2.32. The number of nitrogens with zero attached hydrogens (tertiary/aromatic N) is 3. The molecule has 2 aliphatic heterocycles. The number of nitrogens with one attached hydrogen (secondary N) is 8. The van der Waals surface area contributed by atoms with Gasteiger partial charge in [0.15, 0.2) is 0 Å². The normalized spacial score (nSPS) is 18.1. The van der Waals surface area contributed by atoms with Crippen LogP contribution in [0.5, 0.6) is 0 Å². The highest BCUT2D eigenvalue weighted by Gasteiger charge is 2.49. The maximum atomic E-state index is 14.3. The molecule has 1 aromatic heterocycles. The fraction of sp³-hybridized carbons (Fsp3) is 0.562. The quantitative estimate of drug-likeness (QED) is 0.0379. The standard InChI is InChI=1S/C48H71N15O11S2/c1-24(2)15-33(44(71)59-31(40(52)67)13-14-75-6)61-45(72)35(17-27-20-53-22-56-27)58-38(66)21-55-46(73)39-48(4,5)76-23-63(39)47(74)25(3)57-43(70)34(16-26-19-54-30-10-8-7-9-28(26)30)62-42(69)32(11-12-36(50)64)60-41(68)29(49)18-37(51)65/h7-10,19-20,22,24-26,29,31-35,39H,11-18,21,23,49H2,1-6H3,(H2,50,64)(H2,51,65)(H2,52,67)(H,53,56)(H,55,73)(H,57,70)(H,58,66)(H,59,71)(H,60,68)(H,61,72)(H,62,69)/t25?,26?,29?,31?,32?,33?,34?,35?,39-/m1/s1.